The van der Waals surface area contributed by atoms with Gasteiger partial charge in [0, 0.05) is 6.54 Å². The Hall–Kier alpha value is -2.21. The highest BCUT2D eigenvalue weighted by molar-refractivity contribution is 5.83. The van der Waals surface area contributed by atoms with Crippen LogP contribution in [0.3, 0.4) is 0 Å². The Morgan fingerprint density at radius 2 is 1.94 bits per heavy atom. The normalized spacial score (nSPS) is 38.5. The smallest absolute Gasteiger partial charge is 0.183 e. The Morgan fingerprint density at radius 3 is 2.74 bits per heavy atom. The number of hydroxylamine groups is 1. The Labute approximate surface area is 185 Å². The number of hydrogen-bond donors (Lipinski definition) is 1. The molecule has 1 aliphatic heterocycles. The van der Waals surface area contributed by atoms with Crippen LogP contribution in [-0.4, -0.2) is 30.3 Å². The van der Waals surface area contributed by atoms with Crippen LogP contribution in [0.5, 0.6) is 0 Å². The summed E-state index contributed by atoms with van der Waals surface area (Å²) in [6.07, 6.45) is 14.8. The largest absolute Gasteiger partial charge is 0.326 e. The second kappa shape index (κ2) is 6.89. The molecule has 2 aromatic rings. The lowest BCUT2D eigenvalue weighted by molar-refractivity contribution is -0.0167. The summed E-state index contributed by atoms with van der Waals surface area (Å²) in [7, 11) is 0. The van der Waals surface area contributed by atoms with E-state index in [1.807, 2.05) is 0 Å². The minimum Gasteiger partial charge on any atom is -0.326 e. The van der Waals surface area contributed by atoms with Crippen LogP contribution in [0.25, 0.3) is 11.2 Å². The van der Waals surface area contributed by atoms with Crippen LogP contribution in [0.15, 0.2) is 37.0 Å². The maximum atomic E-state index is 11.3. The van der Waals surface area contributed by atoms with Crippen LogP contribution in [0.4, 0.5) is 5.82 Å². The van der Waals surface area contributed by atoms with Crippen molar-refractivity contribution >= 4 is 17.0 Å². The zero-order chi connectivity index (χ0) is 22.0. The van der Waals surface area contributed by atoms with E-state index in [-0.39, 0.29) is 10.8 Å². The molecule has 1 N–H and O–H groups in total. The first-order chi connectivity index (χ1) is 14.7. The summed E-state index contributed by atoms with van der Waals surface area (Å²) in [5.41, 5.74) is 2.61. The minimum absolute atomic E-state index is 0.0738. The molecule has 3 aliphatic rings. The van der Waals surface area contributed by atoms with E-state index in [1.54, 1.807) is 6.33 Å². The van der Waals surface area contributed by atoms with Crippen LogP contribution >= 0.6 is 0 Å². The van der Waals surface area contributed by atoms with Gasteiger partial charge in [-0.05, 0) is 68.1 Å². The molecule has 0 unspecified atom stereocenters. The van der Waals surface area contributed by atoms with E-state index in [0.29, 0.717) is 23.3 Å². The van der Waals surface area contributed by atoms with Gasteiger partial charge in [-0.15, -0.1) is 0 Å². The molecule has 0 amide bonds. The lowest BCUT2D eigenvalue weighted by Crippen LogP contribution is -2.50. The third kappa shape index (κ3) is 2.90. The molecule has 2 aromatic heterocycles. The van der Waals surface area contributed by atoms with Gasteiger partial charge >= 0.3 is 0 Å². The van der Waals surface area contributed by atoms with Gasteiger partial charge in [-0.3, -0.25) is 5.21 Å². The summed E-state index contributed by atoms with van der Waals surface area (Å²) in [5.74, 6) is 1.72. The molecule has 2 aliphatic carbocycles. The van der Waals surface area contributed by atoms with Gasteiger partial charge in [0.2, 0.25) is 0 Å². The van der Waals surface area contributed by atoms with Crippen molar-refractivity contribution in [2.45, 2.75) is 78.3 Å². The van der Waals surface area contributed by atoms with Crippen LogP contribution in [0.1, 0.15) is 66.2 Å². The van der Waals surface area contributed by atoms with E-state index in [4.69, 9.17) is 0 Å². The lowest BCUT2D eigenvalue weighted by Gasteiger charge is -2.58. The molecule has 6 heteroatoms. The standard InChI is InChI=1S/C25H35N5O/c1-17-7-6-8-19-24(17,4)10-9-18(2)25(19,5)12-11-23(3)13-14-29-16-28-21-20(29)22(30(23)31)27-15-26-21/h11-12,15-16,18-19,31H,1,6-10,13-14H2,2-5H3/b12-11+/t18-,19+,23+,24+,25+/m1/s1. The van der Waals surface area contributed by atoms with Gasteiger partial charge in [0.15, 0.2) is 11.5 Å². The number of nitrogens with zero attached hydrogens (tertiary/aromatic N) is 5. The molecular formula is C25H35N5O. The van der Waals surface area contributed by atoms with Crippen molar-refractivity contribution in [2.24, 2.45) is 22.7 Å². The number of hydrogen-bond acceptors (Lipinski definition) is 5. The van der Waals surface area contributed by atoms with E-state index < -0.39 is 5.54 Å². The van der Waals surface area contributed by atoms with Crippen molar-refractivity contribution in [2.75, 3.05) is 5.06 Å². The molecule has 0 saturated heterocycles. The molecule has 166 valence electrons. The Morgan fingerprint density at radius 1 is 1.13 bits per heavy atom. The summed E-state index contributed by atoms with van der Waals surface area (Å²) < 4.78 is 2.06. The number of aromatic nitrogens is 4. The molecular weight excluding hydrogens is 386 g/mol. The maximum Gasteiger partial charge on any atom is 0.183 e. The number of aryl methyl sites for hydroxylation is 1. The van der Waals surface area contributed by atoms with Gasteiger partial charge in [-0.25, -0.2) is 20.0 Å². The van der Waals surface area contributed by atoms with Gasteiger partial charge in [-0.1, -0.05) is 45.1 Å². The highest BCUT2D eigenvalue weighted by Gasteiger charge is 2.53. The van der Waals surface area contributed by atoms with Crippen LogP contribution < -0.4 is 5.06 Å². The summed E-state index contributed by atoms with van der Waals surface area (Å²) in [6.45, 7) is 14.6. The average Bonchev–Trinajstić information content (AvgIpc) is 3.14. The molecule has 2 saturated carbocycles. The second-order valence-electron chi connectivity index (χ2n) is 10.8. The minimum atomic E-state index is -0.553. The molecule has 0 aromatic carbocycles. The molecule has 0 radical (unpaired) electrons. The van der Waals surface area contributed by atoms with Gasteiger partial charge < -0.3 is 4.57 Å². The van der Waals surface area contributed by atoms with Crippen molar-refractivity contribution in [1.82, 2.24) is 19.5 Å². The number of allylic oxidation sites excluding steroid dienone is 2. The second-order valence-corrected chi connectivity index (χ2v) is 10.8. The van der Waals surface area contributed by atoms with Crippen molar-refractivity contribution in [3.05, 3.63) is 37.0 Å². The summed E-state index contributed by atoms with van der Waals surface area (Å²) >= 11 is 0. The topological polar surface area (TPSA) is 67.1 Å². The Bertz CT molecular complexity index is 1060. The van der Waals surface area contributed by atoms with E-state index in [2.05, 4.69) is 65.9 Å². The summed E-state index contributed by atoms with van der Waals surface area (Å²) in [4.78, 5) is 13.0. The lowest BCUT2D eigenvalue weighted by atomic mass is 9.47. The summed E-state index contributed by atoms with van der Waals surface area (Å²) in [5, 5.41) is 12.7. The monoisotopic (exact) mass is 421 g/mol. The Balaban J connectivity index is 1.52. The van der Waals surface area contributed by atoms with Crippen molar-refractivity contribution in [1.29, 1.82) is 0 Å². The molecule has 5 atom stereocenters. The van der Waals surface area contributed by atoms with Crippen LogP contribution in [0.2, 0.25) is 0 Å². The van der Waals surface area contributed by atoms with E-state index in [1.165, 1.54) is 49.1 Å². The fraction of sp³-hybridized carbons (Fsp3) is 0.640. The van der Waals surface area contributed by atoms with E-state index in [9.17, 15) is 5.21 Å². The fourth-order valence-corrected chi connectivity index (χ4v) is 6.60. The molecule has 0 bridgehead atoms. The van der Waals surface area contributed by atoms with Gasteiger partial charge in [0.1, 0.15) is 11.8 Å². The Kier molecular flexibility index (Phi) is 4.60. The van der Waals surface area contributed by atoms with Crippen molar-refractivity contribution < 1.29 is 5.21 Å². The third-order valence-electron chi connectivity index (χ3n) is 9.19. The highest BCUT2D eigenvalue weighted by atomic mass is 16.5. The quantitative estimate of drug-likeness (QED) is 0.645. The molecule has 3 heterocycles. The van der Waals surface area contributed by atoms with Gasteiger partial charge in [0.25, 0.3) is 0 Å². The van der Waals surface area contributed by atoms with Crippen molar-refractivity contribution in [3.8, 4) is 0 Å². The van der Waals surface area contributed by atoms with Crippen LogP contribution in [-0.2, 0) is 6.54 Å². The number of imidazole rings is 1. The van der Waals surface area contributed by atoms with Crippen LogP contribution in [0, 0.1) is 22.7 Å². The number of rotatable bonds is 2. The third-order valence-corrected chi connectivity index (χ3v) is 9.19. The fourth-order valence-electron chi connectivity index (χ4n) is 6.60. The molecule has 0 spiro atoms. The number of anilines is 1. The zero-order valence-corrected chi connectivity index (χ0v) is 19.3. The van der Waals surface area contributed by atoms with Gasteiger partial charge in [-0.2, -0.15) is 0 Å². The number of fused-ring (bicyclic) bond motifs is 1. The molecule has 5 rings (SSSR count). The zero-order valence-electron chi connectivity index (χ0n) is 19.3. The summed E-state index contributed by atoms with van der Waals surface area (Å²) in [6, 6.07) is 0. The maximum absolute atomic E-state index is 11.3. The SMILES string of the molecule is C=C1CCC[C@@H]2[C@@](C)(/C=C/[C@@]3(C)CCn4cnc5ncnc(c54)N3O)[C@H](C)CC[C@@]12C. The molecule has 6 nitrogen and oxygen atoms in total. The van der Waals surface area contributed by atoms with Crippen molar-refractivity contribution in [3.63, 3.8) is 0 Å². The predicted octanol–water partition coefficient (Wildman–Crippen LogP) is 5.54. The van der Waals surface area contributed by atoms with Gasteiger partial charge in [0.05, 0.1) is 11.9 Å². The van der Waals surface area contributed by atoms with E-state index >= 15 is 0 Å². The van der Waals surface area contributed by atoms with E-state index in [0.717, 1.165) is 18.5 Å². The first-order valence-corrected chi connectivity index (χ1v) is 11.7. The first kappa shape index (κ1) is 20.7. The average molecular weight is 422 g/mol. The molecule has 2 fully saturated rings. The highest BCUT2D eigenvalue weighted by Crippen LogP contribution is 2.62. The predicted molar refractivity (Wildman–Crippen MR) is 123 cm³/mol. The molecule has 31 heavy (non-hydrogen) atoms. The first-order valence-electron chi connectivity index (χ1n) is 11.7.